The first-order chi connectivity index (χ1) is 3.56. The van der Waals surface area contributed by atoms with Crippen LogP contribution in [0.1, 0.15) is 6.42 Å². The highest BCUT2D eigenvalue weighted by Crippen LogP contribution is 2.20. The fourth-order valence-corrected chi connectivity index (χ4v) is 2.04. The molecule has 0 aromatic carbocycles. The normalized spacial score (nSPS) is 12.0. The molecule has 0 aliphatic rings. The maximum atomic E-state index is 5.76. The first-order valence-corrected chi connectivity index (χ1v) is 7.37. The van der Waals surface area contributed by atoms with Gasteiger partial charge >= 0.3 is 0 Å². The van der Waals surface area contributed by atoms with Gasteiger partial charge in [0.1, 0.15) is 0 Å². The van der Waals surface area contributed by atoms with Crippen molar-refractivity contribution in [1.82, 2.24) is 0 Å². The van der Waals surface area contributed by atoms with Gasteiger partial charge in [0.2, 0.25) is 6.69 Å². The molecule has 0 fully saturated rings. The van der Waals surface area contributed by atoms with E-state index >= 15 is 0 Å². The topological polar surface area (TPSA) is 26.0 Å². The summed E-state index contributed by atoms with van der Waals surface area (Å²) in [5.74, 6) is 0. The molecule has 0 atom stereocenters. The van der Waals surface area contributed by atoms with Crippen molar-refractivity contribution in [2.75, 3.05) is 6.54 Å². The lowest BCUT2D eigenvalue weighted by Crippen LogP contribution is -2.14. The van der Waals surface area contributed by atoms with E-state index in [1.165, 1.54) is 0 Å². The van der Waals surface area contributed by atoms with Crippen LogP contribution in [0.25, 0.3) is 0 Å². The van der Waals surface area contributed by atoms with E-state index in [1.54, 1.807) is 0 Å². The van der Waals surface area contributed by atoms with E-state index in [0.717, 1.165) is 12.5 Å². The highest BCUT2D eigenvalue weighted by atomic mass is 35.7. The third-order valence-corrected chi connectivity index (χ3v) is 3.19. The molecule has 0 bridgehead atoms. The van der Waals surface area contributed by atoms with Crippen LogP contribution in [-0.2, 0) is 0 Å². The molecule has 50 valence electrons. The number of hydrogen-bond acceptors (Lipinski definition) is 1. The molecule has 0 heterocycles. The van der Waals surface area contributed by atoms with Gasteiger partial charge in [-0.1, -0.05) is 0 Å². The summed E-state index contributed by atoms with van der Waals surface area (Å²) in [6.07, 6.45) is 0.954. The van der Waals surface area contributed by atoms with Crippen LogP contribution >= 0.6 is 22.2 Å². The third kappa shape index (κ3) is 6.76. The standard InChI is InChI=1S/C4H11Cl2NSi/c1-8(5,6)4-2-3-7/h2-4,7H2,1H3. The summed E-state index contributed by atoms with van der Waals surface area (Å²) in [7, 11) is 0. The van der Waals surface area contributed by atoms with Gasteiger partial charge in [0.25, 0.3) is 0 Å². The number of nitrogens with two attached hydrogens (primary N) is 1. The minimum Gasteiger partial charge on any atom is -0.330 e. The van der Waals surface area contributed by atoms with Gasteiger partial charge < -0.3 is 5.73 Å². The van der Waals surface area contributed by atoms with Crippen LogP contribution in [0, 0.1) is 0 Å². The van der Waals surface area contributed by atoms with E-state index in [4.69, 9.17) is 27.9 Å². The van der Waals surface area contributed by atoms with Crippen LogP contribution in [0.2, 0.25) is 12.6 Å². The molecule has 0 aliphatic heterocycles. The Kier molecular flexibility index (Phi) is 4.07. The second-order valence-electron chi connectivity index (χ2n) is 1.96. The van der Waals surface area contributed by atoms with Crippen LogP contribution in [0.4, 0.5) is 0 Å². The molecule has 0 saturated carbocycles. The van der Waals surface area contributed by atoms with Crippen LogP contribution in [0.5, 0.6) is 0 Å². The Morgan fingerprint density at radius 1 is 1.50 bits per heavy atom. The summed E-state index contributed by atoms with van der Waals surface area (Å²) < 4.78 is 0. The molecular formula is C4H11Cl2NSi. The maximum absolute atomic E-state index is 5.76. The molecule has 0 saturated heterocycles. The van der Waals surface area contributed by atoms with Gasteiger partial charge in [-0.05, 0) is 25.6 Å². The van der Waals surface area contributed by atoms with Crippen molar-refractivity contribution in [3.8, 4) is 0 Å². The molecule has 0 spiro atoms. The first kappa shape index (κ1) is 8.76. The lowest BCUT2D eigenvalue weighted by Gasteiger charge is -2.06. The number of hydrogen-bond donors (Lipinski definition) is 1. The monoisotopic (exact) mass is 171 g/mol. The molecule has 0 radical (unpaired) electrons. The van der Waals surface area contributed by atoms with E-state index in [-0.39, 0.29) is 0 Å². The summed E-state index contributed by atoms with van der Waals surface area (Å²) in [6.45, 7) is 0.791. The minimum atomic E-state index is -1.81. The van der Waals surface area contributed by atoms with Gasteiger partial charge in [-0.3, -0.25) is 0 Å². The summed E-state index contributed by atoms with van der Waals surface area (Å²) >= 11 is 11.5. The fraction of sp³-hybridized carbons (Fsp3) is 1.00. The summed E-state index contributed by atoms with van der Waals surface area (Å²) in [5.41, 5.74) is 5.24. The Morgan fingerprint density at radius 3 is 2.12 bits per heavy atom. The molecule has 0 amide bonds. The molecule has 0 aromatic heterocycles. The van der Waals surface area contributed by atoms with Gasteiger partial charge in [-0.25, -0.2) is 0 Å². The van der Waals surface area contributed by atoms with Crippen molar-refractivity contribution in [1.29, 1.82) is 0 Å². The Balaban J connectivity index is 3.11. The zero-order valence-corrected chi connectivity index (χ0v) is 7.47. The molecule has 2 N–H and O–H groups in total. The van der Waals surface area contributed by atoms with Gasteiger partial charge in [-0.2, -0.15) is 0 Å². The van der Waals surface area contributed by atoms with E-state index in [1.807, 2.05) is 6.55 Å². The maximum Gasteiger partial charge on any atom is 0.248 e. The predicted molar refractivity (Wildman–Crippen MR) is 41.8 cm³/mol. The van der Waals surface area contributed by atoms with E-state index in [2.05, 4.69) is 0 Å². The molecule has 4 heteroatoms. The second-order valence-corrected chi connectivity index (χ2v) is 10.2. The molecule has 0 aromatic rings. The Morgan fingerprint density at radius 2 is 2.00 bits per heavy atom. The minimum absolute atomic E-state index is 0.696. The molecular weight excluding hydrogens is 161 g/mol. The molecule has 0 rings (SSSR count). The van der Waals surface area contributed by atoms with E-state index in [9.17, 15) is 0 Å². The summed E-state index contributed by atoms with van der Waals surface area (Å²) in [4.78, 5) is 0. The van der Waals surface area contributed by atoms with Gasteiger partial charge in [0.05, 0.1) is 0 Å². The summed E-state index contributed by atoms with van der Waals surface area (Å²) in [6, 6.07) is 0.909. The SMILES string of the molecule is C[Si](Cl)(Cl)CCCN. The van der Waals surface area contributed by atoms with Crippen LogP contribution < -0.4 is 5.73 Å². The average Bonchev–Trinajstić information content (AvgIpc) is 1.59. The van der Waals surface area contributed by atoms with Crippen LogP contribution in [0.15, 0.2) is 0 Å². The molecule has 8 heavy (non-hydrogen) atoms. The van der Waals surface area contributed by atoms with Crippen LogP contribution in [-0.4, -0.2) is 13.2 Å². The zero-order chi connectivity index (χ0) is 6.62. The lowest BCUT2D eigenvalue weighted by atomic mass is 10.5. The molecule has 1 nitrogen and oxygen atoms in total. The molecule has 0 aliphatic carbocycles. The quantitative estimate of drug-likeness (QED) is 0.510. The fourth-order valence-electron chi connectivity index (χ4n) is 0.412. The van der Waals surface area contributed by atoms with Crippen molar-refractivity contribution in [3.05, 3.63) is 0 Å². The first-order valence-electron chi connectivity index (χ1n) is 2.64. The average molecular weight is 172 g/mol. The highest BCUT2D eigenvalue weighted by Gasteiger charge is 2.18. The van der Waals surface area contributed by atoms with Gasteiger partial charge in [0.15, 0.2) is 0 Å². The summed E-state index contributed by atoms with van der Waals surface area (Å²) in [5, 5.41) is 0. The van der Waals surface area contributed by atoms with Crippen LogP contribution in [0.3, 0.4) is 0 Å². The van der Waals surface area contributed by atoms with Gasteiger partial charge in [0, 0.05) is 0 Å². The Labute approximate surface area is 60.6 Å². The van der Waals surface area contributed by atoms with Crippen molar-refractivity contribution in [3.63, 3.8) is 0 Å². The van der Waals surface area contributed by atoms with Crippen molar-refractivity contribution in [2.24, 2.45) is 5.73 Å². The van der Waals surface area contributed by atoms with Crippen molar-refractivity contribution >= 4 is 28.9 Å². The largest absolute Gasteiger partial charge is 0.330 e. The van der Waals surface area contributed by atoms with E-state index < -0.39 is 6.69 Å². The second kappa shape index (κ2) is 3.72. The Hall–Kier alpha value is 0.757. The van der Waals surface area contributed by atoms with Crippen molar-refractivity contribution in [2.45, 2.75) is 19.0 Å². The number of rotatable bonds is 3. The van der Waals surface area contributed by atoms with Crippen molar-refractivity contribution < 1.29 is 0 Å². The highest BCUT2D eigenvalue weighted by molar-refractivity contribution is 7.44. The lowest BCUT2D eigenvalue weighted by molar-refractivity contribution is 0.922. The van der Waals surface area contributed by atoms with E-state index in [0.29, 0.717) is 6.54 Å². The third-order valence-electron chi connectivity index (χ3n) is 0.820. The predicted octanol–water partition coefficient (Wildman–Crippen LogP) is 1.88. The Bertz CT molecular complexity index is 61.5. The number of halogens is 2. The smallest absolute Gasteiger partial charge is 0.248 e. The molecule has 0 unspecified atom stereocenters. The van der Waals surface area contributed by atoms with Gasteiger partial charge in [-0.15, -0.1) is 22.2 Å². The zero-order valence-electron chi connectivity index (χ0n) is 4.95.